The molecular formula is C29H31F3N2O4S. The first kappa shape index (κ1) is 30.0. The Morgan fingerprint density at radius 2 is 1.59 bits per heavy atom. The highest BCUT2D eigenvalue weighted by molar-refractivity contribution is 7.99. The lowest BCUT2D eigenvalue weighted by Gasteiger charge is -2.24. The van der Waals surface area contributed by atoms with Crippen LogP contribution in [0.15, 0.2) is 77.4 Å². The first-order chi connectivity index (χ1) is 18.5. The molecule has 10 heteroatoms. The van der Waals surface area contributed by atoms with E-state index in [1.807, 2.05) is 50.2 Å². The van der Waals surface area contributed by atoms with Crippen molar-refractivity contribution >= 4 is 29.4 Å². The first-order valence-electron chi connectivity index (χ1n) is 12.5. The number of halogens is 3. The topological polar surface area (TPSA) is 88.4 Å². The van der Waals surface area contributed by atoms with E-state index in [9.17, 15) is 27.6 Å². The fourth-order valence-electron chi connectivity index (χ4n) is 3.87. The number of benzene rings is 2. The van der Waals surface area contributed by atoms with Crippen molar-refractivity contribution in [1.82, 2.24) is 10.6 Å². The zero-order chi connectivity index (χ0) is 28.4. The normalized spacial score (nSPS) is 13.1. The molecule has 0 fully saturated rings. The van der Waals surface area contributed by atoms with Crippen LogP contribution >= 0.6 is 11.8 Å². The molecule has 2 amide bonds. The molecule has 0 unspecified atom stereocenters. The largest absolute Gasteiger partial charge is 0.468 e. The highest BCUT2D eigenvalue weighted by Gasteiger charge is 2.31. The quantitative estimate of drug-likeness (QED) is 0.281. The van der Waals surface area contributed by atoms with Gasteiger partial charge in [-0.1, -0.05) is 44.2 Å². The molecule has 0 aliphatic rings. The van der Waals surface area contributed by atoms with Gasteiger partial charge in [0.05, 0.1) is 29.4 Å². The summed E-state index contributed by atoms with van der Waals surface area (Å²) in [6.45, 7) is 3.75. The lowest BCUT2D eigenvalue weighted by atomic mass is 9.99. The van der Waals surface area contributed by atoms with E-state index < -0.39 is 35.6 Å². The van der Waals surface area contributed by atoms with E-state index in [1.54, 1.807) is 12.3 Å². The molecule has 1 aromatic heterocycles. The highest BCUT2D eigenvalue weighted by Crippen LogP contribution is 2.29. The van der Waals surface area contributed by atoms with Crippen LogP contribution in [0.1, 0.15) is 47.5 Å². The minimum Gasteiger partial charge on any atom is -0.468 e. The molecule has 0 spiro atoms. The van der Waals surface area contributed by atoms with Crippen LogP contribution in [-0.2, 0) is 27.9 Å². The summed E-state index contributed by atoms with van der Waals surface area (Å²) in [6.07, 6.45) is -2.42. The zero-order valence-corrected chi connectivity index (χ0v) is 22.5. The average Bonchev–Trinajstić information content (AvgIpc) is 3.41. The molecular weight excluding hydrogens is 529 g/mol. The number of ketones is 1. The predicted octanol–water partition coefficient (Wildman–Crippen LogP) is 5.67. The second-order valence-corrected chi connectivity index (χ2v) is 10.5. The molecule has 2 atom stereocenters. The molecule has 0 aliphatic carbocycles. The van der Waals surface area contributed by atoms with Crippen LogP contribution in [0.25, 0.3) is 0 Å². The number of carbonyl (C=O) groups excluding carboxylic acids is 3. The third-order valence-corrected chi connectivity index (χ3v) is 6.84. The Hall–Kier alpha value is -3.53. The summed E-state index contributed by atoms with van der Waals surface area (Å²) in [4.78, 5) is 39.3. The number of hydrogen-bond donors (Lipinski definition) is 2. The molecule has 0 saturated carbocycles. The van der Waals surface area contributed by atoms with Gasteiger partial charge in [-0.3, -0.25) is 14.4 Å². The van der Waals surface area contributed by atoms with E-state index in [1.165, 1.54) is 11.8 Å². The van der Waals surface area contributed by atoms with Crippen molar-refractivity contribution in [3.63, 3.8) is 0 Å². The van der Waals surface area contributed by atoms with E-state index in [-0.39, 0.29) is 35.9 Å². The van der Waals surface area contributed by atoms with Crippen LogP contribution in [0.4, 0.5) is 13.2 Å². The number of rotatable bonds is 13. The molecule has 0 bridgehead atoms. The monoisotopic (exact) mass is 560 g/mol. The molecule has 2 aromatic carbocycles. The Balaban J connectivity index is 1.71. The van der Waals surface area contributed by atoms with Crippen molar-refractivity contribution in [3.05, 3.63) is 95.4 Å². The first-order valence-corrected chi connectivity index (χ1v) is 13.6. The summed E-state index contributed by atoms with van der Waals surface area (Å²) >= 11 is 1.37. The second-order valence-electron chi connectivity index (χ2n) is 9.52. The van der Waals surface area contributed by atoms with Gasteiger partial charge < -0.3 is 15.1 Å². The van der Waals surface area contributed by atoms with Crippen LogP contribution < -0.4 is 10.6 Å². The summed E-state index contributed by atoms with van der Waals surface area (Å²) in [7, 11) is 0. The van der Waals surface area contributed by atoms with E-state index >= 15 is 0 Å². The van der Waals surface area contributed by atoms with Gasteiger partial charge >= 0.3 is 6.18 Å². The van der Waals surface area contributed by atoms with Gasteiger partial charge in [0.2, 0.25) is 5.91 Å². The second kappa shape index (κ2) is 14.0. The minimum atomic E-state index is -4.52. The van der Waals surface area contributed by atoms with Crippen LogP contribution in [0.2, 0.25) is 0 Å². The van der Waals surface area contributed by atoms with E-state index in [2.05, 4.69) is 10.6 Å². The summed E-state index contributed by atoms with van der Waals surface area (Å²) in [5, 5.41) is 5.44. The third kappa shape index (κ3) is 9.62. The van der Waals surface area contributed by atoms with Gasteiger partial charge in [-0.15, -0.1) is 11.8 Å². The number of carbonyl (C=O) groups is 3. The van der Waals surface area contributed by atoms with Gasteiger partial charge in [0, 0.05) is 5.56 Å². The van der Waals surface area contributed by atoms with Crippen LogP contribution in [0.3, 0.4) is 0 Å². The number of thioether (sulfide) groups is 1. The fraction of sp³-hybridized carbons (Fsp3) is 0.345. The molecule has 2 N–H and O–H groups in total. The molecule has 6 nitrogen and oxygen atoms in total. The minimum absolute atomic E-state index is 0.00389. The predicted molar refractivity (Wildman–Crippen MR) is 144 cm³/mol. The van der Waals surface area contributed by atoms with Crippen molar-refractivity contribution in [2.75, 3.05) is 5.75 Å². The Labute approximate surface area is 229 Å². The SMILES string of the molecule is CC(C)C[C@H](NC(=O)c1ccc(C(F)(F)F)cc1)C(=O)N[C@@H](Cc1ccccc1)C(=O)CSCc1ccco1. The highest BCUT2D eigenvalue weighted by atomic mass is 32.2. The standard InChI is InChI=1S/C29H31F3N2O4S/c1-19(2)15-25(34-27(36)21-10-12-22(13-11-21)29(30,31)32)28(37)33-24(16-20-7-4-3-5-8-20)26(35)18-39-17-23-9-6-14-38-23/h3-14,19,24-25H,15-18H2,1-2H3,(H,33,37)(H,34,36)/t24-,25-/m0/s1. The van der Waals surface area contributed by atoms with Crippen molar-refractivity contribution < 1.29 is 32.0 Å². The fourth-order valence-corrected chi connectivity index (χ4v) is 4.74. The number of nitrogens with one attached hydrogen (secondary N) is 2. The third-order valence-electron chi connectivity index (χ3n) is 5.86. The maximum absolute atomic E-state index is 13.3. The zero-order valence-electron chi connectivity index (χ0n) is 21.7. The number of hydrogen-bond acceptors (Lipinski definition) is 5. The van der Waals surface area contributed by atoms with Crippen molar-refractivity contribution in [1.29, 1.82) is 0 Å². The number of Topliss-reactive ketones (excluding diaryl/α,β-unsaturated/α-hetero) is 1. The van der Waals surface area contributed by atoms with Crippen LogP contribution in [-0.4, -0.2) is 35.4 Å². The molecule has 0 radical (unpaired) electrons. The Morgan fingerprint density at radius 3 is 2.18 bits per heavy atom. The lowest BCUT2D eigenvalue weighted by molar-refractivity contribution is -0.137. The summed E-state index contributed by atoms with van der Waals surface area (Å²) in [5.41, 5.74) is -0.0140. The maximum Gasteiger partial charge on any atom is 0.416 e. The maximum atomic E-state index is 13.3. The number of alkyl halides is 3. The molecule has 0 aliphatic heterocycles. The summed E-state index contributed by atoms with van der Waals surface area (Å²) in [6, 6.07) is 14.8. The van der Waals surface area contributed by atoms with Crippen molar-refractivity contribution in [2.24, 2.45) is 5.92 Å². The number of furan rings is 1. The van der Waals surface area contributed by atoms with Gasteiger partial charge in [-0.05, 0) is 60.7 Å². The van der Waals surface area contributed by atoms with Gasteiger partial charge in [0.25, 0.3) is 5.91 Å². The Bertz CT molecular complexity index is 1210. The molecule has 39 heavy (non-hydrogen) atoms. The lowest BCUT2D eigenvalue weighted by Crippen LogP contribution is -2.53. The Morgan fingerprint density at radius 1 is 0.897 bits per heavy atom. The van der Waals surface area contributed by atoms with Gasteiger partial charge in [-0.2, -0.15) is 13.2 Å². The molecule has 3 aromatic rings. The smallest absolute Gasteiger partial charge is 0.416 e. The van der Waals surface area contributed by atoms with Gasteiger partial charge in [-0.25, -0.2) is 0 Å². The van der Waals surface area contributed by atoms with E-state index in [0.717, 1.165) is 35.6 Å². The van der Waals surface area contributed by atoms with Crippen molar-refractivity contribution in [3.8, 4) is 0 Å². The molecule has 1 heterocycles. The van der Waals surface area contributed by atoms with Crippen LogP contribution in [0.5, 0.6) is 0 Å². The van der Waals surface area contributed by atoms with E-state index in [0.29, 0.717) is 5.75 Å². The average molecular weight is 561 g/mol. The molecule has 3 rings (SSSR count). The van der Waals surface area contributed by atoms with E-state index in [4.69, 9.17) is 4.42 Å². The summed E-state index contributed by atoms with van der Waals surface area (Å²) in [5.74, 6) is 0.00913. The summed E-state index contributed by atoms with van der Waals surface area (Å²) < 4.78 is 44.0. The molecule has 208 valence electrons. The molecule has 0 saturated heterocycles. The van der Waals surface area contributed by atoms with Crippen LogP contribution in [0, 0.1) is 5.92 Å². The van der Waals surface area contributed by atoms with Gasteiger partial charge in [0.1, 0.15) is 11.8 Å². The van der Waals surface area contributed by atoms with Crippen molar-refractivity contribution in [2.45, 2.75) is 50.7 Å². The Kier molecular flexibility index (Phi) is 10.8. The number of amides is 2. The van der Waals surface area contributed by atoms with Gasteiger partial charge in [0.15, 0.2) is 5.78 Å².